The number of hydrogen-bond donors (Lipinski definition) is 1. The Balaban J connectivity index is 2.29. The van der Waals surface area contributed by atoms with Crippen LogP contribution in [0.15, 0.2) is 0 Å². The second-order valence-electron chi connectivity index (χ2n) is 3.71. The summed E-state index contributed by atoms with van der Waals surface area (Å²) in [5.41, 5.74) is 6.48. The first kappa shape index (κ1) is 9.18. The Morgan fingerprint density at radius 1 is 1.64 bits per heavy atom. The smallest absolute Gasteiger partial charge is 0.271 e. The fourth-order valence-electron chi connectivity index (χ4n) is 1.58. The number of primary amides is 1. The van der Waals surface area contributed by atoms with Crippen LogP contribution in [-0.4, -0.2) is 20.9 Å². The molecule has 0 aromatic carbocycles. The largest absolute Gasteiger partial charge is 0.364 e. The predicted molar refractivity (Wildman–Crippen MR) is 50.6 cm³/mol. The minimum absolute atomic E-state index is 0.346. The zero-order chi connectivity index (χ0) is 10.1. The molecule has 1 aliphatic rings. The van der Waals surface area contributed by atoms with Crippen LogP contribution in [0.3, 0.4) is 0 Å². The van der Waals surface area contributed by atoms with Gasteiger partial charge >= 0.3 is 0 Å². The van der Waals surface area contributed by atoms with Crippen molar-refractivity contribution in [2.75, 3.05) is 0 Å². The van der Waals surface area contributed by atoms with E-state index < -0.39 is 5.91 Å². The van der Waals surface area contributed by atoms with E-state index in [1.54, 1.807) is 4.68 Å². The van der Waals surface area contributed by atoms with Crippen molar-refractivity contribution in [1.29, 1.82) is 0 Å². The molecule has 5 nitrogen and oxygen atoms in total. The number of aryl methyl sites for hydroxylation is 1. The molecule has 0 unspecified atom stereocenters. The van der Waals surface area contributed by atoms with Gasteiger partial charge in [-0.05, 0) is 32.1 Å². The van der Waals surface area contributed by atoms with Crippen molar-refractivity contribution in [3.63, 3.8) is 0 Å². The van der Waals surface area contributed by atoms with Crippen molar-refractivity contribution in [2.45, 2.75) is 32.7 Å². The summed E-state index contributed by atoms with van der Waals surface area (Å²) in [6, 6.07) is 0. The molecule has 5 heteroatoms. The minimum atomic E-state index is -0.472. The van der Waals surface area contributed by atoms with Gasteiger partial charge in [0, 0.05) is 6.54 Å². The molecular formula is C9H14N4O. The van der Waals surface area contributed by atoms with Crippen LogP contribution < -0.4 is 5.73 Å². The minimum Gasteiger partial charge on any atom is -0.364 e. The molecule has 1 aromatic heterocycles. The molecule has 1 fully saturated rings. The van der Waals surface area contributed by atoms with Crippen LogP contribution >= 0.6 is 0 Å². The lowest BCUT2D eigenvalue weighted by atomic mass is 10.2. The molecule has 1 heterocycles. The van der Waals surface area contributed by atoms with E-state index in [0.717, 1.165) is 18.7 Å². The van der Waals surface area contributed by atoms with Crippen LogP contribution in [0.1, 0.15) is 35.9 Å². The standard InChI is InChI=1S/C9H14N4O/c1-2-13-7(5-6-3-4-6)8(9(10)14)11-12-13/h6H,2-5H2,1H3,(H2,10,14). The van der Waals surface area contributed by atoms with E-state index in [1.165, 1.54) is 12.8 Å². The molecular weight excluding hydrogens is 180 g/mol. The van der Waals surface area contributed by atoms with Gasteiger partial charge in [-0.1, -0.05) is 5.21 Å². The summed E-state index contributed by atoms with van der Waals surface area (Å²) in [6.07, 6.45) is 3.37. The fourth-order valence-corrected chi connectivity index (χ4v) is 1.58. The van der Waals surface area contributed by atoms with Crippen LogP contribution in [0.4, 0.5) is 0 Å². The van der Waals surface area contributed by atoms with E-state index in [2.05, 4.69) is 10.3 Å². The van der Waals surface area contributed by atoms with Crippen molar-refractivity contribution in [1.82, 2.24) is 15.0 Å². The third-order valence-electron chi connectivity index (χ3n) is 2.55. The monoisotopic (exact) mass is 194 g/mol. The fraction of sp³-hybridized carbons (Fsp3) is 0.667. The number of amides is 1. The van der Waals surface area contributed by atoms with Crippen LogP contribution in [0.5, 0.6) is 0 Å². The first-order chi connectivity index (χ1) is 6.72. The molecule has 0 radical (unpaired) electrons. The highest BCUT2D eigenvalue weighted by Crippen LogP contribution is 2.33. The van der Waals surface area contributed by atoms with E-state index in [4.69, 9.17) is 5.73 Å². The zero-order valence-electron chi connectivity index (χ0n) is 8.23. The van der Waals surface area contributed by atoms with Crippen LogP contribution in [0, 0.1) is 5.92 Å². The molecule has 0 aliphatic heterocycles. The Hall–Kier alpha value is -1.39. The highest BCUT2D eigenvalue weighted by molar-refractivity contribution is 5.91. The molecule has 14 heavy (non-hydrogen) atoms. The van der Waals surface area contributed by atoms with E-state index in [9.17, 15) is 4.79 Å². The van der Waals surface area contributed by atoms with Crippen molar-refractivity contribution >= 4 is 5.91 Å². The summed E-state index contributed by atoms with van der Waals surface area (Å²) in [5.74, 6) is 0.234. The first-order valence-electron chi connectivity index (χ1n) is 4.94. The van der Waals surface area contributed by atoms with Gasteiger partial charge in [-0.25, -0.2) is 4.68 Å². The number of carbonyl (C=O) groups excluding carboxylic acids is 1. The molecule has 0 spiro atoms. The summed E-state index contributed by atoms with van der Waals surface area (Å²) in [7, 11) is 0. The summed E-state index contributed by atoms with van der Waals surface area (Å²) in [4.78, 5) is 11.1. The average molecular weight is 194 g/mol. The van der Waals surface area contributed by atoms with Crippen LogP contribution in [0.25, 0.3) is 0 Å². The molecule has 2 rings (SSSR count). The van der Waals surface area contributed by atoms with Gasteiger partial charge in [0.05, 0.1) is 5.69 Å². The Bertz CT molecular complexity index is 354. The Morgan fingerprint density at radius 2 is 2.36 bits per heavy atom. The highest BCUT2D eigenvalue weighted by Gasteiger charge is 2.26. The summed E-state index contributed by atoms with van der Waals surface area (Å²) >= 11 is 0. The first-order valence-corrected chi connectivity index (χ1v) is 4.94. The van der Waals surface area contributed by atoms with E-state index in [1.807, 2.05) is 6.92 Å². The number of aromatic nitrogens is 3. The maximum absolute atomic E-state index is 11.1. The molecule has 1 amide bonds. The third-order valence-corrected chi connectivity index (χ3v) is 2.55. The normalized spacial score (nSPS) is 15.8. The molecule has 2 N–H and O–H groups in total. The highest BCUT2D eigenvalue weighted by atomic mass is 16.1. The lowest BCUT2D eigenvalue weighted by Crippen LogP contribution is -2.15. The number of rotatable bonds is 4. The Kier molecular flexibility index (Phi) is 2.23. The Morgan fingerprint density at radius 3 is 2.86 bits per heavy atom. The topological polar surface area (TPSA) is 73.8 Å². The van der Waals surface area contributed by atoms with Gasteiger partial charge in [0.15, 0.2) is 5.69 Å². The van der Waals surface area contributed by atoms with Gasteiger partial charge < -0.3 is 5.73 Å². The summed E-state index contributed by atoms with van der Waals surface area (Å²) in [5, 5.41) is 7.71. The van der Waals surface area contributed by atoms with Crippen molar-refractivity contribution < 1.29 is 4.79 Å². The molecule has 76 valence electrons. The van der Waals surface area contributed by atoms with Gasteiger partial charge in [-0.15, -0.1) is 5.10 Å². The predicted octanol–water partition coefficient (Wildman–Crippen LogP) is 0.349. The van der Waals surface area contributed by atoms with Gasteiger partial charge in [-0.2, -0.15) is 0 Å². The number of nitrogens with zero attached hydrogens (tertiary/aromatic N) is 3. The van der Waals surface area contributed by atoms with Crippen LogP contribution in [-0.2, 0) is 13.0 Å². The van der Waals surface area contributed by atoms with Crippen molar-refractivity contribution in [2.24, 2.45) is 11.7 Å². The van der Waals surface area contributed by atoms with Crippen LogP contribution in [0.2, 0.25) is 0 Å². The molecule has 0 saturated heterocycles. The molecule has 1 aliphatic carbocycles. The van der Waals surface area contributed by atoms with Gasteiger partial charge in [0.1, 0.15) is 0 Å². The molecule has 0 atom stereocenters. The lowest BCUT2D eigenvalue weighted by molar-refractivity contribution is 0.0994. The molecule has 1 aromatic rings. The van der Waals surface area contributed by atoms with E-state index in [-0.39, 0.29) is 0 Å². The summed E-state index contributed by atoms with van der Waals surface area (Å²) < 4.78 is 1.76. The molecule has 0 bridgehead atoms. The van der Waals surface area contributed by atoms with Gasteiger partial charge in [0.2, 0.25) is 0 Å². The zero-order valence-corrected chi connectivity index (χ0v) is 8.23. The number of nitrogens with two attached hydrogens (primary N) is 1. The van der Waals surface area contributed by atoms with Gasteiger partial charge in [-0.3, -0.25) is 4.79 Å². The second kappa shape index (κ2) is 3.40. The SMILES string of the molecule is CCn1nnc(C(N)=O)c1CC1CC1. The van der Waals surface area contributed by atoms with E-state index >= 15 is 0 Å². The maximum Gasteiger partial charge on any atom is 0.271 e. The maximum atomic E-state index is 11.1. The number of hydrogen-bond acceptors (Lipinski definition) is 3. The Labute approximate surface area is 82.3 Å². The van der Waals surface area contributed by atoms with Crippen molar-refractivity contribution in [3.05, 3.63) is 11.4 Å². The van der Waals surface area contributed by atoms with Crippen molar-refractivity contribution in [3.8, 4) is 0 Å². The second-order valence-corrected chi connectivity index (χ2v) is 3.71. The van der Waals surface area contributed by atoms with Gasteiger partial charge in [0.25, 0.3) is 5.91 Å². The van der Waals surface area contributed by atoms with E-state index in [0.29, 0.717) is 11.6 Å². The third kappa shape index (κ3) is 1.62. The molecule has 1 saturated carbocycles. The summed E-state index contributed by atoms with van der Waals surface area (Å²) in [6.45, 7) is 2.72. The quantitative estimate of drug-likeness (QED) is 0.751. The lowest BCUT2D eigenvalue weighted by Gasteiger charge is -2.02. The average Bonchev–Trinajstić information content (AvgIpc) is 2.84. The number of carbonyl (C=O) groups is 1.